The van der Waals surface area contributed by atoms with E-state index in [1.54, 1.807) is 0 Å². The van der Waals surface area contributed by atoms with E-state index < -0.39 is 17.2 Å². The van der Waals surface area contributed by atoms with Crippen molar-refractivity contribution < 1.29 is 13.5 Å². The van der Waals surface area contributed by atoms with Crippen LogP contribution in [0.5, 0.6) is 11.5 Å². The molecule has 2 heterocycles. The maximum absolute atomic E-state index is 13.6. The van der Waals surface area contributed by atoms with Gasteiger partial charge in [-0.15, -0.1) is 0 Å². The van der Waals surface area contributed by atoms with Crippen molar-refractivity contribution in [1.29, 1.82) is 0 Å². The van der Waals surface area contributed by atoms with E-state index in [4.69, 9.17) is 4.74 Å². The molecule has 3 aromatic rings. The van der Waals surface area contributed by atoms with Crippen molar-refractivity contribution in [3.63, 3.8) is 0 Å². The van der Waals surface area contributed by atoms with Gasteiger partial charge >= 0.3 is 0 Å². The number of rotatable bonds is 3. The minimum absolute atomic E-state index is 0.126. The summed E-state index contributed by atoms with van der Waals surface area (Å²) in [4.78, 5) is 22.7. The zero-order valence-corrected chi connectivity index (χ0v) is 12.1. The van der Waals surface area contributed by atoms with E-state index in [9.17, 15) is 13.6 Å². The molecule has 2 aromatic heterocycles. The summed E-state index contributed by atoms with van der Waals surface area (Å²) in [7, 11) is 0. The van der Waals surface area contributed by atoms with Crippen LogP contribution in [-0.4, -0.2) is 21.2 Å². The van der Waals surface area contributed by atoms with Crippen molar-refractivity contribution >= 4 is 22.8 Å². The molecule has 0 amide bonds. The number of thioether (sulfide) groups is 1. The molecule has 0 fully saturated rings. The summed E-state index contributed by atoms with van der Waals surface area (Å²) in [5.41, 5.74) is -0.210. The Morgan fingerprint density at radius 2 is 2.05 bits per heavy atom. The first-order valence-electron chi connectivity index (χ1n) is 6.14. The lowest BCUT2D eigenvalue weighted by molar-refractivity contribution is 0.433. The van der Waals surface area contributed by atoms with Gasteiger partial charge in [0.1, 0.15) is 11.5 Å². The van der Waals surface area contributed by atoms with Crippen molar-refractivity contribution in [3.8, 4) is 11.5 Å². The molecule has 0 aliphatic rings. The summed E-state index contributed by atoms with van der Waals surface area (Å²) in [6, 6.07) is 4.24. The number of halogens is 2. The molecule has 0 saturated carbocycles. The highest BCUT2D eigenvalue weighted by Crippen LogP contribution is 2.24. The Labute approximate surface area is 127 Å². The maximum atomic E-state index is 13.6. The molecule has 3 rings (SSSR count). The lowest BCUT2D eigenvalue weighted by Crippen LogP contribution is -2.10. The number of pyridine rings is 1. The van der Waals surface area contributed by atoms with E-state index in [0.29, 0.717) is 22.3 Å². The van der Waals surface area contributed by atoms with Gasteiger partial charge in [0, 0.05) is 17.6 Å². The quantitative estimate of drug-likeness (QED) is 0.593. The first kappa shape index (κ1) is 14.5. The maximum Gasteiger partial charge on any atom is 0.292 e. The average Bonchev–Trinajstić information content (AvgIpc) is 2.50. The molecule has 8 heteroatoms. The van der Waals surface area contributed by atoms with Gasteiger partial charge in [-0.05, 0) is 24.5 Å². The fraction of sp³-hybridized carbons (Fsp3) is 0.0714. The van der Waals surface area contributed by atoms with Crippen molar-refractivity contribution in [1.82, 2.24) is 15.0 Å². The molecular formula is C14H9F2N3O2S. The number of fused-ring (bicyclic) bond motifs is 1. The van der Waals surface area contributed by atoms with Gasteiger partial charge in [0.25, 0.3) is 5.56 Å². The summed E-state index contributed by atoms with van der Waals surface area (Å²) < 4.78 is 31.7. The smallest absolute Gasteiger partial charge is 0.292 e. The van der Waals surface area contributed by atoms with Crippen LogP contribution in [0.25, 0.3) is 11.0 Å². The van der Waals surface area contributed by atoms with Crippen molar-refractivity contribution in [2.45, 2.75) is 5.16 Å². The number of nitrogens with one attached hydrogen (secondary N) is 1. The summed E-state index contributed by atoms with van der Waals surface area (Å²) in [5, 5.41) is 1.05. The predicted molar refractivity (Wildman–Crippen MR) is 78.4 cm³/mol. The van der Waals surface area contributed by atoms with Crippen LogP contribution in [0.1, 0.15) is 0 Å². The van der Waals surface area contributed by atoms with Gasteiger partial charge in [-0.2, -0.15) is 0 Å². The molecule has 0 aliphatic carbocycles. The van der Waals surface area contributed by atoms with Gasteiger partial charge in [0.15, 0.2) is 22.5 Å². The lowest BCUT2D eigenvalue weighted by Gasteiger charge is -2.07. The molecule has 0 bridgehead atoms. The summed E-state index contributed by atoms with van der Waals surface area (Å²) in [5.74, 6) is -1.99. The molecular weight excluding hydrogens is 312 g/mol. The van der Waals surface area contributed by atoms with E-state index in [1.165, 1.54) is 24.0 Å². The second-order valence-electron chi connectivity index (χ2n) is 4.30. The Balaban J connectivity index is 2.04. The van der Waals surface area contributed by atoms with Crippen molar-refractivity contribution in [2.75, 3.05) is 6.26 Å². The van der Waals surface area contributed by atoms with Crippen molar-refractivity contribution in [2.24, 2.45) is 0 Å². The van der Waals surface area contributed by atoms with Gasteiger partial charge < -0.3 is 9.72 Å². The lowest BCUT2D eigenvalue weighted by atomic mass is 10.3. The summed E-state index contributed by atoms with van der Waals surface area (Å²) in [6.07, 6.45) is 3.34. The van der Waals surface area contributed by atoms with E-state index in [2.05, 4.69) is 15.0 Å². The molecule has 0 saturated heterocycles. The number of nitrogens with zero attached hydrogens (tertiary/aromatic N) is 2. The number of ether oxygens (including phenoxy) is 1. The van der Waals surface area contributed by atoms with Crippen LogP contribution in [0.15, 0.2) is 40.4 Å². The third-order valence-electron chi connectivity index (χ3n) is 2.83. The first-order chi connectivity index (χ1) is 10.6. The van der Waals surface area contributed by atoms with E-state index >= 15 is 0 Å². The SMILES string of the molecule is CSc1ncc2cc(Oc3ccc(F)cc3F)c(=O)[nH]c2n1. The standard InChI is InChI=1S/C14H9F2N3O2S/c1-22-14-17-6-7-4-11(13(20)18-12(7)19-14)21-10-3-2-8(15)5-9(10)16/h2-6H,1H3,(H,17,18,19,20). The highest BCUT2D eigenvalue weighted by atomic mass is 32.2. The molecule has 0 unspecified atom stereocenters. The number of hydrogen-bond acceptors (Lipinski definition) is 5. The Morgan fingerprint density at radius 3 is 2.77 bits per heavy atom. The molecule has 0 atom stereocenters. The highest BCUT2D eigenvalue weighted by Gasteiger charge is 2.11. The van der Waals surface area contributed by atoms with Gasteiger partial charge in [-0.3, -0.25) is 4.79 Å². The summed E-state index contributed by atoms with van der Waals surface area (Å²) >= 11 is 1.34. The van der Waals surface area contributed by atoms with Gasteiger partial charge in [-0.25, -0.2) is 18.7 Å². The van der Waals surface area contributed by atoms with Crippen LogP contribution in [0, 0.1) is 11.6 Å². The van der Waals surface area contributed by atoms with Crippen LogP contribution < -0.4 is 10.3 Å². The largest absolute Gasteiger partial charge is 0.448 e. The minimum Gasteiger partial charge on any atom is -0.448 e. The Kier molecular flexibility index (Phi) is 3.76. The normalized spacial score (nSPS) is 10.9. The Hall–Kier alpha value is -2.48. The molecule has 1 N–H and O–H groups in total. The molecule has 112 valence electrons. The molecule has 5 nitrogen and oxygen atoms in total. The third kappa shape index (κ3) is 2.77. The first-order valence-corrected chi connectivity index (χ1v) is 7.36. The number of benzene rings is 1. The average molecular weight is 321 g/mol. The van der Waals surface area contributed by atoms with Gasteiger partial charge in [0.05, 0.1) is 0 Å². The molecule has 0 radical (unpaired) electrons. The summed E-state index contributed by atoms with van der Waals surface area (Å²) in [6.45, 7) is 0. The zero-order valence-electron chi connectivity index (χ0n) is 11.3. The topological polar surface area (TPSA) is 67.9 Å². The van der Waals surface area contributed by atoms with Crippen molar-refractivity contribution in [3.05, 3.63) is 52.5 Å². The fourth-order valence-corrected chi connectivity index (χ4v) is 2.15. The van der Waals surface area contributed by atoms with Gasteiger partial charge in [-0.1, -0.05) is 11.8 Å². The molecule has 0 spiro atoms. The Bertz CT molecular complexity index is 914. The van der Waals surface area contributed by atoms with Crippen LogP contribution in [-0.2, 0) is 0 Å². The second kappa shape index (κ2) is 5.72. The third-order valence-corrected chi connectivity index (χ3v) is 3.40. The number of aromatic amines is 1. The Morgan fingerprint density at radius 1 is 1.23 bits per heavy atom. The number of hydrogen-bond donors (Lipinski definition) is 1. The van der Waals surface area contributed by atoms with Gasteiger partial charge in [0.2, 0.25) is 0 Å². The van der Waals surface area contributed by atoms with E-state index in [-0.39, 0.29) is 11.5 Å². The van der Waals surface area contributed by atoms with E-state index in [1.807, 2.05) is 6.26 Å². The number of aromatic nitrogens is 3. The molecule has 22 heavy (non-hydrogen) atoms. The van der Waals surface area contributed by atoms with Crippen LogP contribution in [0.3, 0.4) is 0 Å². The van der Waals surface area contributed by atoms with E-state index in [0.717, 1.165) is 12.1 Å². The zero-order chi connectivity index (χ0) is 15.7. The number of H-pyrrole nitrogens is 1. The fourth-order valence-electron chi connectivity index (χ4n) is 1.81. The van der Waals surface area contributed by atoms with Crippen LogP contribution in [0.4, 0.5) is 8.78 Å². The second-order valence-corrected chi connectivity index (χ2v) is 5.07. The predicted octanol–water partition coefficient (Wildman–Crippen LogP) is 3.11. The highest BCUT2D eigenvalue weighted by molar-refractivity contribution is 7.98. The van der Waals surface area contributed by atoms with Crippen LogP contribution in [0.2, 0.25) is 0 Å². The monoisotopic (exact) mass is 321 g/mol. The molecule has 1 aromatic carbocycles. The minimum atomic E-state index is -0.895. The molecule has 0 aliphatic heterocycles. The van der Waals surface area contributed by atoms with Crippen LogP contribution >= 0.6 is 11.8 Å².